The van der Waals surface area contributed by atoms with Crippen LogP contribution in [0.5, 0.6) is 0 Å². The van der Waals surface area contributed by atoms with Gasteiger partial charge >= 0.3 is 0 Å². The fraction of sp³-hybridized carbons (Fsp3) is 0.538. The molecule has 0 radical (unpaired) electrons. The van der Waals surface area contributed by atoms with E-state index in [2.05, 4.69) is 5.32 Å². The number of thioether (sulfide) groups is 1. The van der Waals surface area contributed by atoms with Crippen molar-refractivity contribution >= 4 is 21.8 Å². The number of rotatable bonds is 5. The quantitative estimate of drug-likeness (QED) is 0.897. The van der Waals surface area contributed by atoms with Crippen LogP contribution in [0.1, 0.15) is 12.0 Å². The third kappa shape index (κ3) is 3.16. The van der Waals surface area contributed by atoms with E-state index in [0.29, 0.717) is 12.1 Å². The third-order valence-electron chi connectivity index (χ3n) is 3.48. The molecule has 0 bridgehead atoms. The second-order valence-electron chi connectivity index (χ2n) is 4.82. The molecule has 112 valence electrons. The van der Waals surface area contributed by atoms with Crippen LogP contribution in [-0.4, -0.2) is 44.4 Å². The monoisotopic (exact) mass is 318 g/mol. The number of hydrogen-bond donors (Lipinski definition) is 1. The minimum absolute atomic E-state index is 0.0304. The van der Waals surface area contributed by atoms with Crippen LogP contribution in [0.4, 0.5) is 4.39 Å². The molecule has 1 saturated heterocycles. The fourth-order valence-corrected chi connectivity index (χ4v) is 5.01. The van der Waals surface area contributed by atoms with E-state index in [1.807, 2.05) is 0 Å². The van der Waals surface area contributed by atoms with Crippen LogP contribution in [0.15, 0.2) is 23.1 Å². The zero-order valence-corrected chi connectivity index (χ0v) is 13.2. The Morgan fingerprint density at radius 2 is 2.25 bits per heavy atom. The van der Waals surface area contributed by atoms with Gasteiger partial charge in [-0.1, -0.05) is 0 Å². The Morgan fingerprint density at radius 3 is 2.85 bits per heavy atom. The van der Waals surface area contributed by atoms with Crippen molar-refractivity contribution < 1.29 is 12.8 Å². The first-order valence-corrected chi connectivity index (χ1v) is 9.05. The van der Waals surface area contributed by atoms with Crippen LogP contribution < -0.4 is 5.32 Å². The highest BCUT2D eigenvalue weighted by atomic mass is 32.2. The maximum atomic E-state index is 13.6. The average molecular weight is 318 g/mol. The lowest BCUT2D eigenvalue weighted by atomic mass is 10.2. The van der Waals surface area contributed by atoms with Crippen LogP contribution in [0.25, 0.3) is 0 Å². The molecule has 1 unspecified atom stereocenters. The summed E-state index contributed by atoms with van der Waals surface area (Å²) < 4.78 is 40.1. The van der Waals surface area contributed by atoms with Crippen LogP contribution in [-0.2, 0) is 16.6 Å². The number of nitrogens with one attached hydrogen (secondary N) is 1. The lowest BCUT2D eigenvalue weighted by Crippen LogP contribution is -2.37. The van der Waals surface area contributed by atoms with E-state index in [0.717, 1.165) is 17.9 Å². The van der Waals surface area contributed by atoms with Crippen molar-refractivity contribution in [3.8, 4) is 0 Å². The number of sulfonamides is 1. The van der Waals surface area contributed by atoms with Crippen LogP contribution >= 0.6 is 11.8 Å². The molecule has 1 atom stereocenters. The van der Waals surface area contributed by atoms with Gasteiger partial charge in [0.2, 0.25) is 10.0 Å². The molecule has 1 aliphatic heterocycles. The first-order valence-electron chi connectivity index (χ1n) is 6.45. The molecule has 4 nitrogen and oxygen atoms in total. The summed E-state index contributed by atoms with van der Waals surface area (Å²) in [5, 5.41) is 2.84. The summed E-state index contributed by atoms with van der Waals surface area (Å²) in [4.78, 5) is 0.156. The van der Waals surface area contributed by atoms with Gasteiger partial charge in [0.15, 0.2) is 0 Å². The predicted octanol–water partition coefficient (Wildman–Crippen LogP) is 1.67. The normalized spacial score (nSPS) is 19.7. The molecule has 0 aromatic heterocycles. The Labute approximate surface area is 123 Å². The van der Waals surface area contributed by atoms with Crippen molar-refractivity contribution in [3.63, 3.8) is 0 Å². The van der Waals surface area contributed by atoms with Gasteiger partial charge in [0.1, 0.15) is 5.82 Å². The first-order chi connectivity index (χ1) is 9.46. The molecular formula is C13H19FN2O2S2. The molecule has 1 fully saturated rings. The van der Waals surface area contributed by atoms with Crippen LogP contribution in [0, 0.1) is 5.82 Å². The standard InChI is InChI=1S/C13H19FN2O2S2/c1-15-8-10-7-12(3-4-13(10)14)20(17,18)16(2)11-5-6-19-9-11/h3-4,7,11,15H,5-6,8-9H2,1-2H3. The molecule has 0 saturated carbocycles. The Kier molecular flexibility index (Phi) is 5.06. The van der Waals surface area contributed by atoms with Gasteiger partial charge < -0.3 is 5.32 Å². The summed E-state index contributed by atoms with van der Waals surface area (Å²) in [6, 6.07) is 4.00. The van der Waals surface area contributed by atoms with Crippen molar-refractivity contribution in [2.75, 3.05) is 25.6 Å². The smallest absolute Gasteiger partial charge is 0.243 e. The van der Waals surface area contributed by atoms with Gasteiger partial charge in [-0.3, -0.25) is 0 Å². The number of halogens is 1. The van der Waals surface area contributed by atoms with Crippen LogP contribution in [0.2, 0.25) is 0 Å². The zero-order valence-electron chi connectivity index (χ0n) is 11.6. The predicted molar refractivity (Wildman–Crippen MR) is 79.8 cm³/mol. The lowest BCUT2D eigenvalue weighted by molar-refractivity contribution is 0.394. The van der Waals surface area contributed by atoms with E-state index < -0.39 is 15.8 Å². The Hall–Kier alpha value is -0.630. The van der Waals surface area contributed by atoms with Gasteiger partial charge in [0, 0.05) is 31.0 Å². The van der Waals surface area contributed by atoms with Crippen LogP contribution in [0.3, 0.4) is 0 Å². The highest BCUT2D eigenvalue weighted by molar-refractivity contribution is 7.99. The molecule has 0 amide bonds. The maximum absolute atomic E-state index is 13.6. The molecular weight excluding hydrogens is 299 g/mol. The lowest BCUT2D eigenvalue weighted by Gasteiger charge is -2.23. The highest BCUT2D eigenvalue weighted by Gasteiger charge is 2.30. The molecule has 1 N–H and O–H groups in total. The summed E-state index contributed by atoms with van der Waals surface area (Å²) in [5.41, 5.74) is 0.364. The molecule has 0 aliphatic carbocycles. The Morgan fingerprint density at radius 1 is 1.50 bits per heavy atom. The van der Waals surface area contributed by atoms with Gasteiger partial charge in [-0.05, 0) is 37.4 Å². The maximum Gasteiger partial charge on any atom is 0.243 e. The Bertz CT molecular complexity index is 572. The van der Waals surface area contributed by atoms with Gasteiger partial charge in [0.05, 0.1) is 4.90 Å². The van der Waals surface area contributed by atoms with Gasteiger partial charge in [-0.25, -0.2) is 12.8 Å². The average Bonchev–Trinajstić information content (AvgIpc) is 2.94. The largest absolute Gasteiger partial charge is 0.316 e. The van der Waals surface area contributed by atoms with Crippen molar-refractivity contribution in [2.45, 2.75) is 23.9 Å². The van der Waals surface area contributed by atoms with E-state index in [1.165, 1.54) is 22.5 Å². The number of benzene rings is 1. The molecule has 7 heteroatoms. The SMILES string of the molecule is CNCc1cc(S(=O)(=O)N(C)C2CCSC2)ccc1F. The number of nitrogens with zero attached hydrogens (tertiary/aromatic N) is 1. The molecule has 1 heterocycles. The summed E-state index contributed by atoms with van der Waals surface area (Å²) in [7, 11) is -0.253. The fourth-order valence-electron chi connectivity index (χ4n) is 2.21. The van der Waals surface area contributed by atoms with E-state index in [-0.39, 0.29) is 10.9 Å². The number of hydrogen-bond acceptors (Lipinski definition) is 4. The van der Waals surface area contributed by atoms with E-state index in [4.69, 9.17) is 0 Å². The van der Waals surface area contributed by atoms with Crippen molar-refractivity contribution in [2.24, 2.45) is 0 Å². The van der Waals surface area contributed by atoms with Crippen molar-refractivity contribution in [1.82, 2.24) is 9.62 Å². The van der Waals surface area contributed by atoms with E-state index >= 15 is 0 Å². The second kappa shape index (κ2) is 6.43. The van der Waals surface area contributed by atoms with E-state index in [9.17, 15) is 12.8 Å². The van der Waals surface area contributed by atoms with Gasteiger partial charge in [0.25, 0.3) is 0 Å². The van der Waals surface area contributed by atoms with Gasteiger partial charge in [-0.2, -0.15) is 16.1 Å². The molecule has 20 heavy (non-hydrogen) atoms. The highest BCUT2D eigenvalue weighted by Crippen LogP contribution is 2.27. The van der Waals surface area contributed by atoms with Crippen molar-refractivity contribution in [3.05, 3.63) is 29.6 Å². The summed E-state index contributed by atoms with van der Waals surface area (Å²) >= 11 is 1.76. The third-order valence-corrected chi connectivity index (χ3v) is 6.53. The molecule has 1 aliphatic rings. The van der Waals surface area contributed by atoms with E-state index in [1.54, 1.807) is 25.9 Å². The summed E-state index contributed by atoms with van der Waals surface area (Å²) in [5.74, 6) is 1.41. The zero-order chi connectivity index (χ0) is 14.8. The Balaban J connectivity index is 2.31. The minimum atomic E-state index is -3.55. The molecule has 2 rings (SSSR count). The molecule has 1 aromatic rings. The minimum Gasteiger partial charge on any atom is -0.316 e. The molecule has 0 spiro atoms. The topological polar surface area (TPSA) is 49.4 Å². The second-order valence-corrected chi connectivity index (χ2v) is 7.97. The molecule has 1 aromatic carbocycles. The first kappa shape index (κ1) is 15.8. The summed E-state index contributed by atoms with van der Waals surface area (Å²) in [6.07, 6.45) is 0.866. The van der Waals surface area contributed by atoms with Gasteiger partial charge in [-0.15, -0.1) is 0 Å². The van der Waals surface area contributed by atoms with Crippen molar-refractivity contribution in [1.29, 1.82) is 0 Å². The summed E-state index contributed by atoms with van der Waals surface area (Å²) in [6.45, 7) is 0.304.